The number of halogens is 1. The first-order chi connectivity index (χ1) is 11.8. The molecule has 2 aromatic heterocycles. The number of thiazole rings is 1. The van der Waals surface area contributed by atoms with E-state index in [1.165, 1.54) is 0 Å². The van der Waals surface area contributed by atoms with Crippen LogP contribution in [0.4, 0.5) is 5.82 Å². The number of benzene rings is 2. The van der Waals surface area contributed by atoms with Crippen molar-refractivity contribution in [1.29, 1.82) is 0 Å². The van der Waals surface area contributed by atoms with E-state index in [1.807, 2.05) is 60.1 Å². The summed E-state index contributed by atoms with van der Waals surface area (Å²) in [6.07, 6.45) is 1.82. The van der Waals surface area contributed by atoms with Crippen LogP contribution in [-0.2, 0) is 0 Å². The molecule has 2 aromatic carbocycles. The average Bonchev–Trinajstić information content (AvgIpc) is 3.15. The number of aromatic nitrogens is 2. The Bertz CT molecular complexity index is 955. The highest BCUT2D eigenvalue weighted by molar-refractivity contribution is 7.09. The van der Waals surface area contributed by atoms with E-state index < -0.39 is 0 Å². The fourth-order valence-corrected chi connectivity index (χ4v) is 3.67. The van der Waals surface area contributed by atoms with Crippen molar-refractivity contribution < 1.29 is 0 Å². The lowest BCUT2D eigenvalue weighted by atomic mass is 10.1. The number of anilines is 1. The van der Waals surface area contributed by atoms with Crippen LogP contribution in [0, 0.1) is 0 Å². The van der Waals surface area contributed by atoms with E-state index in [2.05, 4.69) is 27.4 Å². The summed E-state index contributed by atoms with van der Waals surface area (Å²) in [6, 6.07) is 20.2. The monoisotopic (exact) mass is 351 g/mol. The molecule has 0 aliphatic heterocycles. The Hall–Kier alpha value is -2.43. The molecule has 0 radical (unpaired) electrons. The van der Waals surface area contributed by atoms with Crippen LogP contribution in [0.15, 0.2) is 72.2 Å². The van der Waals surface area contributed by atoms with Crippen LogP contribution in [0.3, 0.4) is 0 Å². The van der Waals surface area contributed by atoms with Gasteiger partial charge in [0.25, 0.3) is 0 Å². The summed E-state index contributed by atoms with van der Waals surface area (Å²) in [6.45, 7) is 0. The third-order valence-corrected chi connectivity index (χ3v) is 4.95. The third-order valence-electron chi connectivity index (χ3n) is 3.82. The van der Waals surface area contributed by atoms with Gasteiger partial charge in [-0.05, 0) is 17.0 Å². The van der Waals surface area contributed by atoms with Crippen LogP contribution < -0.4 is 5.32 Å². The van der Waals surface area contributed by atoms with Gasteiger partial charge in [0.15, 0.2) is 0 Å². The van der Waals surface area contributed by atoms with Gasteiger partial charge in [0.2, 0.25) is 0 Å². The van der Waals surface area contributed by atoms with Gasteiger partial charge < -0.3 is 5.32 Å². The molecule has 1 atom stereocenters. The first-order valence-electron chi connectivity index (χ1n) is 7.57. The van der Waals surface area contributed by atoms with Crippen molar-refractivity contribution in [3.63, 3.8) is 0 Å². The lowest BCUT2D eigenvalue weighted by Crippen LogP contribution is -2.13. The molecule has 0 aliphatic rings. The maximum atomic E-state index is 6.35. The van der Waals surface area contributed by atoms with Crippen LogP contribution in [0.1, 0.15) is 16.6 Å². The van der Waals surface area contributed by atoms with Crippen molar-refractivity contribution in [3.8, 4) is 0 Å². The molecule has 0 spiro atoms. The van der Waals surface area contributed by atoms with E-state index in [9.17, 15) is 0 Å². The second-order valence-corrected chi connectivity index (χ2v) is 6.66. The molecule has 0 saturated carbocycles. The molecular formula is C19H14ClN3S. The summed E-state index contributed by atoms with van der Waals surface area (Å²) in [7, 11) is 0. The molecule has 118 valence electrons. The summed E-state index contributed by atoms with van der Waals surface area (Å²) in [4.78, 5) is 8.98. The largest absolute Gasteiger partial charge is 0.357 e. The van der Waals surface area contributed by atoms with Gasteiger partial charge in [0, 0.05) is 17.0 Å². The Morgan fingerprint density at radius 3 is 2.58 bits per heavy atom. The summed E-state index contributed by atoms with van der Waals surface area (Å²) in [5, 5.41) is 8.97. The molecule has 4 rings (SSSR count). The lowest BCUT2D eigenvalue weighted by Gasteiger charge is -2.18. The topological polar surface area (TPSA) is 37.8 Å². The number of nitrogens with one attached hydrogen (secondary N) is 1. The van der Waals surface area contributed by atoms with Crippen molar-refractivity contribution in [2.75, 3.05) is 5.32 Å². The Labute approximate surface area is 149 Å². The second kappa shape index (κ2) is 6.59. The normalized spacial score (nSPS) is 12.2. The van der Waals surface area contributed by atoms with Crippen molar-refractivity contribution in [2.45, 2.75) is 6.04 Å². The molecule has 3 nitrogen and oxygen atoms in total. The van der Waals surface area contributed by atoms with Crippen molar-refractivity contribution >= 4 is 39.5 Å². The Morgan fingerprint density at radius 1 is 1.00 bits per heavy atom. The predicted octanol–water partition coefficient (Wildman–Crippen LogP) is 5.55. The number of pyridine rings is 1. The van der Waals surface area contributed by atoms with Crippen molar-refractivity contribution in [2.24, 2.45) is 0 Å². The first-order valence-corrected chi connectivity index (χ1v) is 8.83. The Kier molecular flexibility index (Phi) is 4.15. The smallest absolute Gasteiger partial charge is 0.139 e. The lowest BCUT2D eigenvalue weighted by molar-refractivity contribution is 0.911. The minimum atomic E-state index is -0.0593. The number of hydrogen-bond acceptors (Lipinski definition) is 4. The molecule has 0 bridgehead atoms. The van der Waals surface area contributed by atoms with E-state index in [-0.39, 0.29) is 6.04 Å². The van der Waals surface area contributed by atoms with Crippen LogP contribution in [0.2, 0.25) is 5.15 Å². The van der Waals surface area contributed by atoms with E-state index in [0.29, 0.717) is 5.15 Å². The molecule has 5 heteroatoms. The quantitative estimate of drug-likeness (QED) is 0.490. The molecule has 4 aromatic rings. The summed E-state index contributed by atoms with van der Waals surface area (Å²) in [5.41, 5.74) is 1.14. The summed E-state index contributed by atoms with van der Waals surface area (Å²) < 4.78 is 0. The SMILES string of the molecule is Clc1nc(NC(c2ccccc2)c2nccs2)cc2ccccc12. The van der Waals surface area contributed by atoms with Crippen LogP contribution in [0.5, 0.6) is 0 Å². The van der Waals surface area contributed by atoms with Gasteiger partial charge in [0.05, 0.1) is 0 Å². The molecule has 1 unspecified atom stereocenters. The summed E-state index contributed by atoms with van der Waals surface area (Å²) in [5.74, 6) is 0.739. The molecule has 0 aliphatic carbocycles. The fourth-order valence-electron chi connectivity index (χ4n) is 2.69. The Balaban J connectivity index is 1.76. The highest BCUT2D eigenvalue weighted by Crippen LogP contribution is 2.30. The van der Waals surface area contributed by atoms with Crippen LogP contribution in [0.25, 0.3) is 10.8 Å². The molecule has 24 heavy (non-hydrogen) atoms. The van der Waals surface area contributed by atoms with Crippen molar-refractivity contribution in [1.82, 2.24) is 9.97 Å². The van der Waals surface area contributed by atoms with Gasteiger partial charge in [-0.2, -0.15) is 0 Å². The number of fused-ring (bicyclic) bond motifs is 1. The predicted molar refractivity (Wildman–Crippen MR) is 101 cm³/mol. The van der Waals surface area contributed by atoms with Gasteiger partial charge in [-0.3, -0.25) is 0 Å². The molecular weight excluding hydrogens is 338 g/mol. The highest BCUT2D eigenvalue weighted by Gasteiger charge is 2.17. The Morgan fingerprint density at radius 2 is 1.79 bits per heavy atom. The number of nitrogens with zero attached hydrogens (tertiary/aromatic N) is 2. The zero-order chi connectivity index (χ0) is 16.4. The standard InChI is InChI=1S/C19H14ClN3S/c20-18-15-9-5-4-8-14(15)12-16(23-18)22-17(19-21-10-11-24-19)13-6-2-1-3-7-13/h1-12,17H,(H,22,23). The number of rotatable bonds is 4. The molecule has 1 N–H and O–H groups in total. The fraction of sp³-hybridized carbons (Fsp3) is 0.0526. The first kappa shape index (κ1) is 15.1. The highest BCUT2D eigenvalue weighted by atomic mass is 35.5. The number of hydrogen-bond donors (Lipinski definition) is 1. The molecule has 0 saturated heterocycles. The van der Waals surface area contributed by atoms with Gasteiger partial charge in [-0.15, -0.1) is 11.3 Å². The van der Waals surface area contributed by atoms with Crippen LogP contribution in [-0.4, -0.2) is 9.97 Å². The maximum absolute atomic E-state index is 6.35. The molecule has 2 heterocycles. The van der Waals surface area contributed by atoms with Gasteiger partial charge >= 0.3 is 0 Å². The zero-order valence-electron chi connectivity index (χ0n) is 12.7. The minimum Gasteiger partial charge on any atom is -0.357 e. The van der Waals surface area contributed by atoms with Gasteiger partial charge in [-0.1, -0.05) is 66.2 Å². The maximum Gasteiger partial charge on any atom is 0.139 e. The molecule has 0 amide bonds. The van der Waals surface area contributed by atoms with Gasteiger partial charge in [0.1, 0.15) is 22.0 Å². The second-order valence-electron chi connectivity index (χ2n) is 5.38. The van der Waals surface area contributed by atoms with E-state index in [0.717, 1.165) is 27.2 Å². The van der Waals surface area contributed by atoms with Gasteiger partial charge in [-0.25, -0.2) is 9.97 Å². The van der Waals surface area contributed by atoms with Crippen molar-refractivity contribution in [3.05, 3.63) is 88.0 Å². The minimum absolute atomic E-state index is 0.0593. The zero-order valence-corrected chi connectivity index (χ0v) is 14.3. The van der Waals surface area contributed by atoms with E-state index >= 15 is 0 Å². The van der Waals surface area contributed by atoms with Crippen LogP contribution >= 0.6 is 22.9 Å². The third kappa shape index (κ3) is 2.98. The molecule has 0 fully saturated rings. The van der Waals surface area contributed by atoms with E-state index in [1.54, 1.807) is 11.3 Å². The van der Waals surface area contributed by atoms with E-state index in [4.69, 9.17) is 11.6 Å². The average molecular weight is 352 g/mol. The summed E-state index contributed by atoms with van der Waals surface area (Å²) >= 11 is 7.97.